The van der Waals surface area contributed by atoms with Crippen LogP contribution in [0.3, 0.4) is 0 Å². The molecule has 0 aliphatic carbocycles. The van der Waals surface area contributed by atoms with Crippen LogP contribution in [0.4, 0.5) is 0 Å². The highest BCUT2D eigenvalue weighted by atomic mass is 35.5. The molecule has 112 valence electrons. The molecule has 4 nitrogen and oxygen atoms in total. The first-order valence-electron chi connectivity index (χ1n) is 5.76. The van der Waals surface area contributed by atoms with Gasteiger partial charge in [0.05, 0.1) is 10.6 Å². The third kappa shape index (κ3) is 4.84. The van der Waals surface area contributed by atoms with E-state index in [-0.39, 0.29) is 39.5 Å². The summed E-state index contributed by atoms with van der Waals surface area (Å²) in [7, 11) is 0. The number of carbonyl (C=O) groups excluding carboxylic acids is 3. The molecule has 1 rings (SSSR count). The molecule has 0 aliphatic rings. The lowest BCUT2D eigenvalue weighted by molar-refractivity contribution is -0.119. The first kappa shape index (κ1) is 17.7. The van der Waals surface area contributed by atoms with E-state index in [0.29, 0.717) is 5.56 Å². The molecule has 1 aromatic rings. The summed E-state index contributed by atoms with van der Waals surface area (Å²) < 4.78 is 5.08. The molecule has 0 N–H and O–H groups in total. The minimum Gasteiger partial charge on any atom is -0.483 e. The number of halogens is 3. The van der Waals surface area contributed by atoms with Crippen molar-refractivity contribution in [3.05, 3.63) is 33.3 Å². The van der Waals surface area contributed by atoms with E-state index in [4.69, 9.17) is 39.5 Å². The van der Waals surface area contributed by atoms with E-state index in [1.807, 2.05) is 0 Å². The van der Waals surface area contributed by atoms with Crippen molar-refractivity contribution < 1.29 is 19.1 Å². The van der Waals surface area contributed by atoms with Gasteiger partial charge in [-0.2, -0.15) is 0 Å². The number of hydrogen-bond donors (Lipinski definition) is 0. The van der Waals surface area contributed by atoms with Gasteiger partial charge in [-0.05, 0) is 49.2 Å². The summed E-state index contributed by atoms with van der Waals surface area (Å²) in [5, 5.41) is -0.507. The van der Waals surface area contributed by atoms with Crippen molar-refractivity contribution in [3.8, 4) is 5.75 Å². The third-order valence-electron chi connectivity index (χ3n) is 2.48. The standard InChI is InChI=1S/C14H11Cl3O4/c1-7(18)10(8(2)19)5-9-3-4-11(14(17)13(9)16)21-6-12(15)20/h3-5H,6H2,1-2H3. The summed E-state index contributed by atoms with van der Waals surface area (Å²) in [6, 6.07) is 2.99. The Bertz CT molecular complexity index is 619. The van der Waals surface area contributed by atoms with Crippen LogP contribution >= 0.6 is 34.8 Å². The summed E-state index contributed by atoms with van der Waals surface area (Å²) in [6.07, 6.45) is 1.36. The van der Waals surface area contributed by atoms with Gasteiger partial charge in [0, 0.05) is 0 Å². The molecule has 0 aromatic heterocycles. The van der Waals surface area contributed by atoms with Gasteiger partial charge in [0.1, 0.15) is 10.8 Å². The monoisotopic (exact) mass is 348 g/mol. The van der Waals surface area contributed by atoms with E-state index in [2.05, 4.69) is 0 Å². The normalized spacial score (nSPS) is 9.95. The second kappa shape index (κ2) is 7.59. The minimum absolute atomic E-state index is 0.0116. The van der Waals surface area contributed by atoms with Crippen LogP contribution in [0.2, 0.25) is 10.0 Å². The smallest absolute Gasteiger partial charge is 0.259 e. The number of rotatable bonds is 6. The summed E-state index contributed by atoms with van der Waals surface area (Å²) in [5.41, 5.74) is 0.407. The fourth-order valence-corrected chi connectivity index (χ4v) is 2.00. The zero-order valence-electron chi connectivity index (χ0n) is 11.2. The van der Waals surface area contributed by atoms with E-state index in [9.17, 15) is 14.4 Å². The van der Waals surface area contributed by atoms with Gasteiger partial charge >= 0.3 is 0 Å². The Morgan fingerprint density at radius 1 is 1.10 bits per heavy atom. The van der Waals surface area contributed by atoms with Gasteiger partial charge in [-0.3, -0.25) is 14.4 Å². The molecule has 0 fully saturated rings. The second-order valence-electron chi connectivity index (χ2n) is 4.10. The summed E-state index contributed by atoms with van der Waals surface area (Å²) in [4.78, 5) is 33.4. The molecule has 7 heteroatoms. The Morgan fingerprint density at radius 2 is 1.67 bits per heavy atom. The molecule has 21 heavy (non-hydrogen) atoms. The minimum atomic E-state index is -0.679. The molecule has 0 bridgehead atoms. The van der Waals surface area contributed by atoms with Crippen molar-refractivity contribution in [1.29, 1.82) is 0 Å². The lowest BCUT2D eigenvalue weighted by atomic mass is 10.0. The van der Waals surface area contributed by atoms with Gasteiger partial charge in [0.2, 0.25) is 0 Å². The average Bonchev–Trinajstić information content (AvgIpc) is 2.38. The maximum Gasteiger partial charge on any atom is 0.259 e. The molecule has 0 saturated heterocycles. The third-order valence-corrected chi connectivity index (χ3v) is 3.46. The van der Waals surface area contributed by atoms with Crippen LogP contribution in [0.1, 0.15) is 19.4 Å². The number of allylic oxidation sites excluding steroid dienone is 1. The zero-order chi connectivity index (χ0) is 16.2. The van der Waals surface area contributed by atoms with E-state index < -0.39 is 5.24 Å². The number of ether oxygens (including phenoxy) is 1. The topological polar surface area (TPSA) is 60.4 Å². The Kier molecular flexibility index (Phi) is 6.40. The summed E-state index contributed by atoms with van der Waals surface area (Å²) in [6.45, 7) is 2.22. The Labute approximate surface area is 136 Å². The molecular formula is C14H11Cl3O4. The molecule has 0 unspecified atom stereocenters. The molecule has 0 aliphatic heterocycles. The molecule has 0 radical (unpaired) electrons. The fourth-order valence-electron chi connectivity index (χ4n) is 1.51. The lowest BCUT2D eigenvalue weighted by Crippen LogP contribution is -2.06. The molecule has 0 saturated carbocycles. The summed E-state index contributed by atoms with van der Waals surface area (Å²) >= 11 is 17.2. The number of ketones is 2. The van der Waals surface area contributed by atoms with Crippen LogP contribution < -0.4 is 4.74 Å². The van der Waals surface area contributed by atoms with Crippen molar-refractivity contribution in [1.82, 2.24) is 0 Å². The van der Waals surface area contributed by atoms with Crippen LogP contribution in [0, 0.1) is 0 Å². The van der Waals surface area contributed by atoms with Crippen molar-refractivity contribution in [3.63, 3.8) is 0 Å². The molecule has 1 aromatic carbocycles. The largest absolute Gasteiger partial charge is 0.483 e. The number of benzene rings is 1. The lowest BCUT2D eigenvalue weighted by Gasteiger charge is -2.09. The van der Waals surface area contributed by atoms with Crippen LogP contribution in [0.25, 0.3) is 6.08 Å². The second-order valence-corrected chi connectivity index (χ2v) is 5.27. The average molecular weight is 350 g/mol. The van der Waals surface area contributed by atoms with Gasteiger partial charge < -0.3 is 4.74 Å². The van der Waals surface area contributed by atoms with E-state index in [1.54, 1.807) is 0 Å². The molecule has 0 amide bonds. The van der Waals surface area contributed by atoms with Gasteiger partial charge in [-0.15, -0.1) is 0 Å². The zero-order valence-corrected chi connectivity index (χ0v) is 13.5. The quantitative estimate of drug-likeness (QED) is 0.340. The number of hydrogen-bond acceptors (Lipinski definition) is 4. The fraction of sp³-hybridized carbons (Fsp3) is 0.214. The maximum atomic E-state index is 11.4. The maximum absolute atomic E-state index is 11.4. The Balaban J connectivity index is 3.20. The molecular weight excluding hydrogens is 339 g/mol. The van der Waals surface area contributed by atoms with Crippen molar-refractivity contribution in [2.75, 3.05) is 6.61 Å². The SMILES string of the molecule is CC(=O)C(=Cc1ccc(OCC(=O)Cl)c(Cl)c1Cl)C(C)=O. The van der Waals surface area contributed by atoms with Crippen LogP contribution in [0.5, 0.6) is 5.75 Å². The summed E-state index contributed by atoms with van der Waals surface area (Å²) in [5.74, 6) is -0.564. The predicted molar refractivity (Wildman–Crippen MR) is 82.2 cm³/mol. The van der Waals surface area contributed by atoms with Gasteiger partial charge in [0.25, 0.3) is 5.24 Å². The van der Waals surface area contributed by atoms with Crippen molar-refractivity contribution in [2.24, 2.45) is 0 Å². The molecule has 0 heterocycles. The van der Waals surface area contributed by atoms with Crippen molar-refractivity contribution in [2.45, 2.75) is 13.8 Å². The van der Waals surface area contributed by atoms with Crippen LogP contribution in [-0.4, -0.2) is 23.4 Å². The van der Waals surface area contributed by atoms with Gasteiger partial charge in [0.15, 0.2) is 18.2 Å². The Hall–Kier alpha value is -1.36. The number of carbonyl (C=O) groups is 3. The van der Waals surface area contributed by atoms with E-state index >= 15 is 0 Å². The van der Waals surface area contributed by atoms with E-state index in [1.165, 1.54) is 32.1 Å². The van der Waals surface area contributed by atoms with Gasteiger partial charge in [-0.1, -0.05) is 23.2 Å². The molecule has 0 spiro atoms. The van der Waals surface area contributed by atoms with E-state index in [0.717, 1.165) is 0 Å². The van der Waals surface area contributed by atoms with Crippen molar-refractivity contribution >= 4 is 57.7 Å². The first-order valence-corrected chi connectivity index (χ1v) is 6.90. The van der Waals surface area contributed by atoms with Crippen LogP contribution in [-0.2, 0) is 14.4 Å². The highest BCUT2D eigenvalue weighted by Crippen LogP contribution is 2.35. The predicted octanol–water partition coefficient (Wildman–Crippen LogP) is 3.70. The highest BCUT2D eigenvalue weighted by Gasteiger charge is 2.14. The Morgan fingerprint density at radius 3 is 2.14 bits per heavy atom. The van der Waals surface area contributed by atoms with Crippen LogP contribution in [0.15, 0.2) is 17.7 Å². The molecule has 0 atom stereocenters. The number of Topliss-reactive ketones (excluding diaryl/α,β-unsaturated/α-hetero) is 2. The van der Waals surface area contributed by atoms with Gasteiger partial charge in [-0.25, -0.2) is 0 Å². The first-order chi connectivity index (χ1) is 9.73. The highest BCUT2D eigenvalue weighted by molar-refractivity contribution is 6.64.